The Morgan fingerprint density at radius 2 is 1.35 bits per heavy atom. The fraction of sp³-hybridized carbons (Fsp3) is 0.167. The van der Waals surface area contributed by atoms with Crippen LogP contribution in [0.4, 0.5) is 0 Å². The van der Waals surface area contributed by atoms with Crippen molar-refractivity contribution in [2.24, 2.45) is 0 Å². The van der Waals surface area contributed by atoms with E-state index in [0.29, 0.717) is 23.0 Å². The molecule has 0 radical (unpaired) electrons. The van der Waals surface area contributed by atoms with E-state index < -0.39 is 0 Å². The highest BCUT2D eigenvalue weighted by Crippen LogP contribution is 2.36. The van der Waals surface area contributed by atoms with Crippen LogP contribution in [-0.2, 0) is 0 Å². The summed E-state index contributed by atoms with van der Waals surface area (Å²) in [5.74, 6) is 3.46. The molecule has 0 amide bonds. The van der Waals surface area contributed by atoms with Crippen molar-refractivity contribution in [2.75, 3.05) is 21.3 Å². The van der Waals surface area contributed by atoms with Gasteiger partial charge in [0.1, 0.15) is 17.2 Å². The molecule has 0 spiro atoms. The van der Waals surface area contributed by atoms with Crippen LogP contribution in [0.25, 0.3) is 10.9 Å². The molecule has 118 valence electrons. The average Bonchev–Trinajstić information content (AvgIpc) is 2.61. The van der Waals surface area contributed by atoms with E-state index >= 15 is 0 Å². The van der Waals surface area contributed by atoms with Gasteiger partial charge < -0.3 is 18.9 Å². The number of pyridine rings is 1. The largest absolute Gasteiger partial charge is 0.497 e. The Labute approximate surface area is 134 Å². The first-order valence-corrected chi connectivity index (χ1v) is 7.08. The van der Waals surface area contributed by atoms with Crippen molar-refractivity contribution in [3.05, 3.63) is 48.7 Å². The average molecular weight is 311 g/mol. The number of aromatic nitrogens is 1. The van der Waals surface area contributed by atoms with Crippen molar-refractivity contribution in [3.63, 3.8) is 0 Å². The van der Waals surface area contributed by atoms with Gasteiger partial charge in [-0.3, -0.25) is 4.98 Å². The lowest BCUT2D eigenvalue weighted by Gasteiger charge is -2.12. The molecule has 0 unspecified atom stereocenters. The number of fused-ring (bicyclic) bond motifs is 1. The molecule has 0 saturated heterocycles. The van der Waals surface area contributed by atoms with Crippen LogP contribution >= 0.6 is 0 Å². The predicted octanol–water partition coefficient (Wildman–Crippen LogP) is 4.05. The summed E-state index contributed by atoms with van der Waals surface area (Å²) in [5.41, 5.74) is 0.772. The summed E-state index contributed by atoms with van der Waals surface area (Å²) in [7, 11) is 4.83. The molecule has 0 bridgehead atoms. The monoisotopic (exact) mass is 311 g/mol. The molecule has 0 aliphatic rings. The summed E-state index contributed by atoms with van der Waals surface area (Å²) in [6.45, 7) is 0. The summed E-state index contributed by atoms with van der Waals surface area (Å²) in [6, 6.07) is 12.9. The fourth-order valence-electron chi connectivity index (χ4n) is 2.31. The van der Waals surface area contributed by atoms with E-state index in [-0.39, 0.29) is 0 Å². The second-order valence-corrected chi connectivity index (χ2v) is 4.81. The van der Waals surface area contributed by atoms with Crippen LogP contribution in [0.5, 0.6) is 28.7 Å². The highest BCUT2D eigenvalue weighted by atomic mass is 16.5. The summed E-state index contributed by atoms with van der Waals surface area (Å²) >= 11 is 0. The maximum Gasteiger partial charge on any atom is 0.162 e. The Balaban J connectivity index is 2.02. The highest BCUT2D eigenvalue weighted by Gasteiger charge is 2.11. The molecule has 1 heterocycles. The Morgan fingerprint density at radius 3 is 2.00 bits per heavy atom. The SMILES string of the molecule is COc1ccc(Oc2ccnc3cc(OC)c(OC)cc23)cc1. The molecule has 5 nitrogen and oxygen atoms in total. The van der Waals surface area contributed by atoms with Crippen molar-refractivity contribution in [1.82, 2.24) is 4.98 Å². The summed E-state index contributed by atoms with van der Waals surface area (Å²) in [4.78, 5) is 4.36. The molecule has 23 heavy (non-hydrogen) atoms. The van der Waals surface area contributed by atoms with Gasteiger partial charge in [0, 0.05) is 17.6 Å². The van der Waals surface area contributed by atoms with Crippen LogP contribution in [0.15, 0.2) is 48.7 Å². The molecule has 0 aliphatic carbocycles. The number of rotatable bonds is 5. The van der Waals surface area contributed by atoms with E-state index in [1.54, 1.807) is 27.5 Å². The van der Waals surface area contributed by atoms with E-state index in [9.17, 15) is 0 Å². The van der Waals surface area contributed by atoms with E-state index in [1.807, 2.05) is 42.5 Å². The molecule has 3 rings (SSSR count). The lowest BCUT2D eigenvalue weighted by Crippen LogP contribution is -1.93. The minimum atomic E-state index is 0.632. The number of benzene rings is 2. The molecule has 0 N–H and O–H groups in total. The number of nitrogens with zero attached hydrogens (tertiary/aromatic N) is 1. The molecular weight excluding hydrogens is 294 g/mol. The smallest absolute Gasteiger partial charge is 0.162 e. The molecule has 0 aliphatic heterocycles. The maximum atomic E-state index is 5.97. The third-order valence-electron chi connectivity index (χ3n) is 3.49. The minimum absolute atomic E-state index is 0.632. The van der Waals surface area contributed by atoms with Gasteiger partial charge in [0.2, 0.25) is 0 Å². The quantitative estimate of drug-likeness (QED) is 0.711. The van der Waals surface area contributed by atoms with Crippen molar-refractivity contribution < 1.29 is 18.9 Å². The van der Waals surface area contributed by atoms with Crippen LogP contribution < -0.4 is 18.9 Å². The second kappa shape index (κ2) is 6.44. The number of hydrogen-bond acceptors (Lipinski definition) is 5. The lowest BCUT2D eigenvalue weighted by molar-refractivity contribution is 0.355. The zero-order valence-electron chi connectivity index (χ0n) is 13.2. The van der Waals surface area contributed by atoms with Gasteiger partial charge in [0.15, 0.2) is 11.5 Å². The van der Waals surface area contributed by atoms with Crippen molar-refractivity contribution >= 4 is 10.9 Å². The zero-order valence-corrected chi connectivity index (χ0v) is 13.2. The van der Waals surface area contributed by atoms with Gasteiger partial charge in [0.05, 0.1) is 26.8 Å². The highest BCUT2D eigenvalue weighted by molar-refractivity contribution is 5.88. The Hall–Kier alpha value is -2.95. The van der Waals surface area contributed by atoms with E-state index in [1.165, 1.54) is 0 Å². The Bertz CT molecular complexity index is 815. The molecule has 2 aromatic carbocycles. The Kier molecular flexibility index (Phi) is 4.19. The van der Waals surface area contributed by atoms with Crippen molar-refractivity contribution in [1.29, 1.82) is 0 Å². The first kappa shape index (κ1) is 15.0. The van der Waals surface area contributed by atoms with Gasteiger partial charge in [-0.2, -0.15) is 0 Å². The van der Waals surface area contributed by atoms with Gasteiger partial charge in [-0.15, -0.1) is 0 Å². The van der Waals surface area contributed by atoms with E-state index in [0.717, 1.165) is 16.7 Å². The molecular formula is C18H17NO4. The number of hydrogen-bond donors (Lipinski definition) is 0. The molecule has 3 aromatic rings. The van der Waals surface area contributed by atoms with Gasteiger partial charge in [-0.25, -0.2) is 0 Å². The maximum absolute atomic E-state index is 5.97. The molecule has 0 atom stereocenters. The third-order valence-corrected chi connectivity index (χ3v) is 3.49. The summed E-state index contributed by atoms with van der Waals surface area (Å²) in [5, 5.41) is 0.848. The van der Waals surface area contributed by atoms with Crippen LogP contribution in [0, 0.1) is 0 Å². The van der Waals surface area contributed by atoms with Gasteiger partial charge in [-0.05, 0) is 36.4 Å². The standard InChI is InChI=1S/C18H17NO4/c1-20-12-4-6-13(7-5-12)23-16-8-9-19-15-11-18(22-3)17(21-2)10-14(15)16/h4-11H,1-3H3. The fourth-order valence-corrected chi connectivity index (χ4v) is 2.31. The third kappa shape index (κ3) is 2.99. The van der Waals surface area contributed by atoms with E-state index in [4.69, 9.17) is 18.9 Å². The van der Waals surface area contributed by atoms with Crippen molar-refractivity contribution in [3.8, 4) is 28.7 Å². The molecule has 1 aromatic heterocycles. The number of ether oxygens (including phenoxy) is 4. The van der Waals surface area contributed by atoms with Gasteiger partial charge >= 0.3 is 0 Å². The molecule has 0 saturated carbocycles. The lowest BCUT2D eigenvalue weighted by atomic mass is 10.2. The number of methoxy groups -OCH3 is 3. The van der Waals surface area contributed by atoms with Crippen LogP contribution in [-0.4, -0.2) is 26.3 Å². The molecule has 5 heteroatoms. The zero-order chi connectivity index (χ0) is 16.2. The Morgan fingerprint density at radius 1 is 0.696 bits per heavy atom. The van der Waals surface area contributed by atoms with Crippen LogP contribution in [0.3, 0.4) is 0 Å². The van der Waals surface area contributed by atoms with Crippen LogP contribution in [0.2, 0.25) is 0 Å². The normalized spacial score (nSPS) is 10.4. The van der Waals surface area contributed by atoms with Crippen molar-refractivity contribution in [2.45, 2.75) is 0 Å². The summed E-state index contributed by atoms with van der Waals surface area (Å²) in [6.07, 6.45) is 1.70. The summed E-state index contributed by atoms with van der Waals surface area (Å²) < 4.78 is 21.8. The molecule has 0 fully saturated rings. The second-order valence-electron chi connectivity index (χ2n) is 4.81. The van der Waals surface area contributed by atoms with E-state index in [2.05, 4.69) is 4.98 Å². The first-order valence-electron chi connectivity index (χ1n) is 7.08. The van der Waals surface area contributed by atoms with Crippen LogP contribution in [0.1, 0.15) is 0 Å². The predicted molar refractivity (Wildman–Crippen MR) is 87.9 cm³/mol. The minimum Gasteiger partial charge on any atom is -0.497 e. The van der Waals surface area contributed by atoms with Gasteiger partial charge in [-0.1, -0.05) is 0 Å². The first-order chi connectivity index (χ1) is 11.2. The topological polar surface area (TPSA) is 49.8 Å². The van der Waals surface area contributed by atoms with Gasteiger partial charge in [0.25, 0.3) is 0 Å².